The predicted octanol–water partition coefficient (Wildman–Crippen LogP) is 1.46. The summed E-state index contributed by atoms with van der Waals surface area (Å²) >= 11 is 0. The third kappa shape index (κ3) is 4.07. The maximum atomic E-state index is 12.4. The second-order valence-electron chi connectivity index (χ2n) is 5.42. The molecule has 112 valence electrons. The van der Waals surface area contributed by atoms with Gasteiger partial charge >= 0.3 is 0 Å². The number of hydrogen-bond donors (Lipinski definition) is 2. The van der Waals surface area contributed by atoms with E-state index in [1.165, 1.54) is 0 Å². The molecule has 1 fully saturated rings. The molecule has 1 heterocycles. The van der Waals surface area contributed by atoms with Gasteiger partial charge in [-0.1, -0.05) is 17.9 Å². The summed E-state index contributed by atoms with van der Waals surface area (Å²) in [5.41, 5.74) is 7.80. The standard InChI is InChI=1S/C17H22N2O2/c1-12-5-6-14(4-3-8-18)10-16(12)17(20)19-13(2)15-7-9-21-11-15/h5-6,10,13,15H,7-9,11,18H2,1-2H3,(H,19,20). The van der Waals surface area contributed by atoms with Crippen LogP contribution in [0.4, 0.5) is 0 Å². The number of carbonyl (C=O) groups is 1. The van der Waals surface area contributed by atoms with Gasteiger partial charge in [0.15, 0.2) is 0 Å². The van der Waals surface area contributed by atoms with Crippen molar-refractivity contribution in [2.75, 3.05) is 19.8 Å². The second-order valence-corrected chi connectivity index (χ2v) is 5.42. The highest BCUT2D eigenvalue weighted by Crippen LogP contribution is 2.17. The molecule has 2 unspecified atom stereocenters. The van der Waals surface area contributed by atoms with Crippen LogP contribution >= 0.6 is 0 Å². The highest BCUT2D eigenvalue weighted by molar-refractivity contribution is 5.96. The van der Waals surface area contributed by atoms with E-state index in [0.29, 0.717) is 18.0 Å². The van der Waals surface area contributed by atoms with Crippen LogP contribution in [0.15, 0.2) is 18.2 Å². The van der Waals surface area contributed by atoms with Crippen LogP contribution in [0.25, 0.3) is 0 Å². The fraction of sp³-hybridized carbons (Fsp3) is 0.471. The minimum atomic E-state index is -0.0525. The first kappa shape index (κ1) is 15.6. The van der Waals surface area contributed by atoms with Crippen LogP contribution in [0.5, 0.6) is 0 Å². The van der Waals surface area contributed by atoms with Crippen LogP contribution in [0, 0.1) is 24.7 Å². The van der Waals surface area contributed by atoms with Gasteiger partial charge in [0.05, 0.1) is 13.2 Å². The Balaban J connectivity index is 2.10. The lowest BCUT2D eigenvalue weighted by Crippen LogP contribution is -2.38. The third-order valence-corrected chi connectivity index (χ3v) is 3.85. The maximum Gasteiger partial charge on any atom is 0.251 e. The Labute approximate surface area is 126 Å². The molecule has 0 aliphatic carbocycles. The summed E-state index contributed by atoms with van der Waals surface area (Å²) in [6.45, 7) is 5.79. The van der Waals surface area contributed by atoms with Gasteiger partial charge < -0.3 is 15.8 Å². The molecule has 0 radical (unpaired) electrons. The molecule has 1 aliphatic heterocycles. The second kappa shape index (κ2) is 7.26. The first-order valence-corrected chi connectivity index (χ1v) is 7.30. The Kier molecular flexibility index (Phi) is 5.38. The monoisotopic (exact) mass is 286 g/mol. The van der Waals surface area contributed by atoms with Crippen molar-refractivity contribution in [1.82, 2.24) is 5.32 Å². The van der Waals surface area contributed by atoms with Crippen molar-refractivity contribution in [2.24, 2.45) is 11.7 Å². The molecule has 21 heavy (non-hydrogen) atoms. The number of benzene rings is 1. The Bertz CT molecular complexity index is 566. The fourth-order valence-electron chi connectivity index (χ4n) is 2.45. The van der Waals surface area contributed by atoms with Crippen LogP contribution in [-0.2, 0) is 4.74 Å². The minimum absolute atomic E-state index is 0.0525. The summed E-state index contributed by atoms with van der Waals surface area (Å²) in [4.78, 5) is 12.4. The molecule has 1 saturated heterocycles. The minimum Gasteiger partial charge on any atom is -0.381 e. The zero-order chi connectivity index (χ0) is 15.2. The van der Waals surface area contributed by atoms with E-state index in [0.717, 1.165) is 30.8 Å². The fourth-order valence-corrected chi connectivity index (χ4v) is 2.45. The van der Waals surface area contributed by atoms with Gasteiger partial charge in [-0.2, -0.15) is 0 Å². The normalized spacial score (nSPS) is 18.7. The van der Waals surface area contributed by atoms with Crippen molar-refractivity contribution in [2.45, 2.75) is 26.3 Å². The van der Waals surface area contributed by atoms with E-state index >= 15 is 0 Å². The average molecular weight is 286 g/mol. The van der Waals surface area contributed by atoms with Crippen molar-refractivity contribution >= 4 is 5.91 Å². The van der Waals surface area contributed by atoms with E-state index < -0.39 is 0 Å². The van der Waals surface area contributed by atoms with E-state index in [9.17, 15) is 4.79 Å². The third-order valence-electron chi connectivity index (χ3n) is 3.85. The Morgan fingerprint density at radius 1 is 1.57 bits per heavy atom. The number of rotatable bonds is 3. The van der Waals surface area contributed by atoms with E-state index in [2.05, 4.69) is 17.2 Å². The molecule has 2 atom stereocenters. The predicted molar refractivity (Wildman–Crippen MR) is 83.0 cm³/mol. The summed E-state index contributed by atoms with van der Waals surface area (Å²) in [5.74, 6) is 6.11. The molecule has 1 amide bonds. The van der Waals surface area contributed by atoms with Gasteiger partial charge in [0.25, 0.3) is 5.91 Å². The summed E-state index contributed by atoms with van der Waals surface area (Å²) < 4.78 is 5.37. The molecule has 1 aromatic carbocycles. The number of carbonyl (C=O) groups excluding carboxylic acids is 1. The largest absolute Gasteiger partial charge is 0.381 e. The van der Waals surface area contributed by atoms with E-state index in [-0.39, 0.29) is 11.9 Å². The highest BCUT2D eigenvalue weighted by atomic mass is 16.5. The van der Waals surface area contributed by atoms with Gasteiger partial charge in [0, 0.05) is 29.7 Å². The van der Waals surface area contributed by atoms with Gasteiger partial charge in [-0.3, -0.25) is 4.79 Å². The maximum absolute atomic E-state index is 12.4. The first-order valence-electron chi connectivity index (χ1n) is 7.30. The zero-order valence-electron chi connectivity index (χ0n) is 12.6. The molecule has 0 saturated carbocycles. The number of nitrogens with one attached hydrogen (secondary N) is 1. The molecular weight excluding hydrogens is 264 g/mol. The van der Waals surface area contributed by atoms with Crippen LogP contribution in [0.2, 0.25) is 0 Å². The molecule has 1 aliphatic rings. The molecule has 0 bridgehead atoms. The van der Waals surface area contributed by atoms with Crippen molar-refractivity contribution in [3.8, 4) is 11.8 Å². The molecule has 3 N–H and O–H groups in total. The quantitative estimate of drug-likeness (QED) is 0.827. The summed E-state index contributed by atoms with van der Waals surface area (Å²) in [7, 11) is 0. The number of hydrogen-bond acceptors (Lipinski definition) is 3. The Morgan fingerprint density at radius 2 is 2.38 bits per heavy atom. The van der Waals surface area contributed by atoms with E-state index in [1.54, 1.807) is 0 Å². The van der Waals surface area contributed by atoms with Crippen LogP contribution < -0.4 is 11.1 Å². The molecule has 2 rings (SSSR count). The van der Waals surface area contributed by atoms with Gasteiger partial charge in [0.1, 0.15) is 0 Å². The summed E-state index contributed by atoms with van der Waals surface area (Å²) in [6.07, 6.45) is 1.00. The van der Waals surface area contributed by atoms with Crippen molar-refractivity contribution in [3.05, 3.63) is 34.9 Å². The summed E-state index contributed by atoms with van der Waals surface area (Å²) in [5, 5.41) is 3.07. The lowest BCUT2D eigenvalue weighted by molar-refractivity contribution is 0.0921. The number of ether oxygens (including phenoxy) is 1. The average Bonchev–Trinajstić information content (AvgIpc) is 3.00. The van der Waals surface area contributed by atoms with E-state index in [1.807, 2.05) is 32.0 Å². The molecule has 4 nitrogen and oxygen atoms in total. The zero-order valence-corrected chi connectivity index (χ0v) is 12.6. The molecule has 0 aromatic heterocycles. The first-order chi connectivity index (χ1) is 10.1. The van der Waals surface area contributed by atoms with E-state index in [4.69, 9.17) is 10.5 Å². The van der Waals surface area contributed by atoms with Crippen LogP contribution in [0.3, 0.4) is 0 Å². The Morgan fingerprint density at radius 3 is 3.05 bits per heavy atom. The smallest absolute Gasteiger partial charge is 0.251 e. The Hall–Kier alpha value is -1.83. The van der Waals surface area contributed by atoms with Gasteiger partial charge in [-0.05, 0) is 38.0 Å². The van der Waals surface area contributed by atoms with Gasteiger partial charge in [0.2, 0.25) is 0 Å². The van der Waals surface area contributed by atoms with Crippen LogP contribution in [-0.4, -0.2) is 31.7 Å². The number of nitrogens with two attached hydrogens (primary N) is 1. The molecule has 4 heteroatoms. The lowest BCUT2D eigenvalue weighted by Gasteiger charge is -2.19. The summed E-state index contributed by atoms with van der Waals surface area (Å²) in [6, 6.07) is 5.76. The SMILES string of the molecule is Cc1ccc(C#CCN)cc1C(=O)NC(C)C1CCOC1. The lowest BCUT2D eigenvalue weighted by atomic mass is 9.99. The topological polar surface area (TPSA) is 64.4 Å². The van der Waals surface area contributed by atoms with Gasteiger partial charge in [-0.15, -0.1) is 0 Å². The van der Waals surface area contributed by atoms with Gasteiger partial charge in [-0.25, -0.2) is 0 Å². The number of aryl methyl sites for hydroxylation is 1. The van der Waals surface area contributed by atoms with Crippen molar-refractivity contribution < 1.29 is 9.53 Å². The van der Waals surface area contributed by atoms with Crippen molar-refractivity contribution in [1.29, 1.82) is 0 Å². The number of amides is 1. The molecule has 0 spiro atoms. The van der Waals surface area contributed by atoms with Crippen molar-refractivity contribution in [3.63, 3.8) is 0 Å². The highest BCUT2D eigenvalue weighted by Gasteiger charge is 2.24. The van der Waals surface area contributed by atoms with Crippen LogP contribution in [0.1, 0.15) is 34.8 Å². The molecular formula is C17H22N2O2. The molecule has 1 aromatic rings.